The molecule has 0 bridgehead atoms. The first kappa shape index (κ1) is 29.0. The van der Waals surface area contributed by atoms with Gasteiger partial charge in [-0.15, -0.1) is 0 Å². The smallest absolute Gasteiger partial charge is 0.200 e. The molecule has 1 unspecified atom stereocenters. The molecule has 0 N–H and O–H groups in total. The van der Waals surface area contributed by atoms with Crippen molar-refractivity contribution in [2.75, 3.05) is 6.61 Å². The number of rotatable bonds is 15. The van der Waals surface area contributed by atoms with Crippen LogP contribution < -0.4 is 0 Å². The first-order valence-electron chi connectivity index (χ1n) is 10.3. The maximum absolute atomic E-state index is 14.5. The van der Waals surface area contributed by atoms with Gasteiger partial charge in [-0.3, -0.25) is 0 Å². The van der Waals surface area contributed by atoms with E-state index in [0.717, 1.165) is 12.8 Å². The lowest BCUT2D eigenvalue weighted by molar-refractivity contribution is 0.241. The van der Waals surface area contributed by atoms with E-state index < -0.39 is 23.2 Å². The van der Waals surface area contributed by atoms with E-state index in [1.807, 2.05) is 6.92 Å². The summed E-state index contributed by atoms with van der Waals surface area (Å²) in [5, 5.41) is 0. The monoisotopic (exact) mass is 444 g/mol. The van der Waals surface area contributed by atoms with Crippen molar-refractivity contribution in [1.82, 2.24) is 0 Å². The van der Waals surface area contributed by atoms with Gasteiger partial charge in [0.05, 0.1) is 0 Å². The quantitative estimate of drug-likeness (QED) is 0.139. The van der Waals surface area contributed by atoms with Gasteiger partial charge in [0.25, 0.3) is 0 Å². The van der Waals surface area contributed by atoms with Crippen LogP contribution >= 0.6 is 0 Å². The van der Waals surface area contributed by atoms with Gasteiger partial charge in [-0.05, 0) is 46.6 Å². The molecule has 0 aliphatic rings. The van der Waals surface area contributed by atoms with Crippen LogP contribution in [0.3, 0.4) is 0 Å². The van der Waals surface area contributed by atoms with Crippen molar-refractivity contribution in [2.24, 2.45) is 11.8 Å². The average Bonchev–Trinajstić information content (AvgIpc) is 2.76. The van der Waals surface area contributed by atoms with E-state index in [9.17, 15) is 13.2 Å². The Morgan fingerprint density at radius 3 is 1.91 bits per heavy atom. The lowest BCUT2D eigenvalue weighted by Crippen LogP contribution is -2.02. The van der Waals surface area contributed by atoms with Crippen molar-refractivity contribution in [3.05, 3.63) is 121 Å². The van der Waals surface area contributed by atoms with Gasteiger partial charge in [0, 0.05) is 5.57 Å². The van der Waals surface area contributed by atoms with E-state index in [-0.39, 0.29) is 23.7 Å². The molecule has 32 heavy (non-hydrogen) atoms. The van der Waals surface area contributed by atoms with Crippen LogP contribution in [-0.4, -0.2) is 6.61 Å². The molecular weight excluding hydrogens is 409 g/mol. The Labute approximate surface area is 191 Å². The maximum atomic E-state index is 14.5. The molecule has 0 aliphatic heterocycles. The largest absolute Gasteiger partial charge is 0.487 e. The minimum atomic E-state index is -1.27. The highest BCUT2D eigenvalue weighted by atomic mass is 19.2. The summed E-state index contributed by atoms with van der Waals surface area (Å²) in [6.45, 7) is 31.5. The molecule has 0 aromatic rings. The van der Waals surface area contributed by atoms with Gasteiger partial charge in [0.15, 0.2) is 11.6 Å². The zero-order valence-electron chi connectivity index (χ0n) is 19.6. The second-order valence-corrected chi connectivity index (χ2v) is 7.93. The van der Waals surface area contributed by atoms with Gasteiger partial charge in [-0.1, -0.05) is 91.5 Å². The van der Waals surface area contributed by atoms with Crippen LogP contribution in [0, 0.1) is 11.8 Å². The molecule has 0 spiro atoms. The van der Waals surface area contributed by atoms with E-state index >= 15 is 0 Å². The van der Waals surface area contributed by atoms with E-state index in [1.54, 1.807) is 0 Å². The highest BCUT2D eigenvalue weighted by Gasteiger charge is 2.16. The molecule has 0 aromatic carbocycles. The third kappa shape index (κ3) is 9.86. The number of ether oxygens (including phenoxy) is 1. The first-order chi connectivity index (χ1) is 14.8. The fourth-order valence-corrected chi connectivity index (χ4v) is 2.36. The van der Waals surface area contributed by atoms with Crippen LogP contribution in [0.25, 0.3) is 0 Å². The van der Waals surface area contributed by atoms with Gasteiger partial charge < -0.3 is 4.74 Å². The van der Waals surface area contributed by atoms with Crippen molar-refractivity contribution in [3.63, 3.8) is 0 Å². The van der Waals surface area contributed by atoms with Gasteiger partial charge in [-0.25, -0.2) is 8.78 Å². The summed E-state index contributed by atoms with van der Waals surface area (Å²) in [6.07, 6.45) is 7.33. The van der Waals surface area contributed by atoms with Crippen LogP contribution in [0.4, 0.5) is 13.2 Å². The molecule has 4 heteroatoms. The minimum absolute atomic E-state index is 0.00299. The second-order valence-electron chi connectivity index (χ2n) is 7.93. The normalized spacial score (nSPS) is 13.4. The van der Waals surface area contributed by atoms with Gasteiger partial charge in [-0.2, -0.15) is 4.39 Å². The maximum Gasteiger partial charge on any atom is 0.200 e. The number of allylic oxidation sites excluding steroid dienone is 11. The lowest BCUT2D eigenvalue weighted by Gasteiger charge is -2.15. The van der Waals surface area contributed by atoms with Crippen LogP contribution in [-0.2, 0) is 4.74 Å². The Hall–Kier alpha value is -3.01. The molecular formula is C28H35F3O. The zero-order valence-corrected chi connectivity index (χ0v) is 19.6. The molecule has 0 fully saturated rings. The topological polar surface area (TPSA) is 9.23 Å². The number of hydrogen-bond acceptors (Lipinski definition) is 1. The van der Waals surface area contributed by atoms with E-state index in [2.05, 4.69) is 59.9 Å². The summed E-state index contributed by atoms with van der Waals surface area (Å²) in [5.74, 6) is -2.91. The Balaban J connectivity index is 5.16. The minimum Gasteiger partial charge on any atom is -0.487 e. The summed E-state index contributed by atoms with van der Waals surface area (Å²) in [7, 11) is 0. The van der Waals surface area contributed by atoms with Crippen molar-refractivity contribution in [2.45, 2.75) is 33.6 Å². The third-order valence-electron chi connectivity index (χ3n) is 4.74. The molecule has 0 saturated carbocycles. The Morgan fingerprint density at radius 2 is 1.38 bits per heavy atom. The molecule has 174 valence electrons. The lowest BCUT2D eigenvalue weighted by atomic mass is 9.92. The summed E-state index contributed by atoms with van der Waals surface area (Å²) in [6, 6.07) is 0. The van der Waals surface area contributed by atoms with Crippen molar-refractivity contribution >= 4 is 0 Å². The van der Waals surface area contributed by atoms with E-state index in [4.69, 9.17) is 4.74 Å². The van der Waals surface area contributed by atoms with Crippen LogP contribution in [0.2, 0.25) is 0 Å². The number of halogens is 3. The molecule has 0 heterocycles. The summed E-state index contributed by atoms with van der Waals surface area (Å²) >= 11 is 0. The summed E-state index contributed by atoms with van der Waals surface area (Å²) in [5.41, 5.74) is 0.917. The first-order valence-corrected chi connectivity index (χ1v) is 10.3. The third-order valence-corrected chi connectivity index (χ3v) is 4.74. The van der Waals surface area contributed by atoms with E-state index in [0.29, 0.717) is 22.6 Å². The van der Waals surface area contributed by atoms with Crippen molar-refractivity contribution in [1.29, 1.82) is 0 Å². The van der Waals surface area contributed by atoms with Crippen LogP contribution in [0.1, 0.15) is 33.6 Å². The molecule has 0 amide bonds. The fraction of sp³-hybridized carbons (Fsp3) is 0.286. The fourth-order valence-electron chi connectivity index (χ4n) is 2.36. The molecule has 0 saturated heterocycles. The Bertz CT molecular complexity index is 878. The molecule has 0 rings (SSSR count). The van der Waals surface area contributed by atoms with E-state index in [1.165, 1.54) is 24.3 Å². The Morgan fingerprint density at radius 1 is 0.812 bits per heavy atom. The predicted octanol–water partition coefficient (Wildman–Crippen LogP) is 9.12. The SMILES string of the molecule is C=CCOC(=C)/C(F)=C(/F)C(=C)C(=C)/C=C\C(=C)C(=C)/C=C(/F)C(=C)C(C)CCC(C)C. The number of hydrogen-bond donors (Lipinski definition) is 0. The zero-order chi connectivity index (χ0) is 25.0. The van der Waals surface area contributed by atoms with Crippen LogP contribution in [0.15, 0.2) is 121 Å². The summed E-state index contributed by atoms with van der Waals surface area (Å²) in [4.78, 5) is 0. The predicted molar refractivity (Wildman–Crippen MR) is 132 cm³/mol. The van der Waals surface area contributed by atoms with Crippen LogP contribution in [0.5, 0.6) is 0 Å². The molecule has 1 nitrogen and oxygen atoms in total. The second kappa shape index (κ2) is 14.1. The Kier molecular flexibility index (Phi) is 12.8. The van der Waals surface area contributed by atoms with Gasteiger partial charge >= 0.3 is 0 Å². The highest BCUT2D eigenvalue weighted by molar-refractivity contribution is 5.52. The summed E-state index contributed by atoms with van der Waals surface area (Å²) < 4.78 is 47.8. The van der Waals surface area contributed by atoms with Crippen molar-refractivity contribution in [3.8, 4) is 0 Å². The highest BCUT2D eigenvalue weighted by Crippen LogP contribution is 2.28. The standard InChI is InChI=1S/C28H35F3O/c1-11-16-32-25(10)28(31)27(30)24(9)21(6)15-14-19(4)22(7)17-26(29)23(8)20(5)13-12-18(2)3/h11,14-15,17-18,20H,1,4,6-10,12-13,16H2,2-3,5H3/b15-14-,26-17+,28-27-. The average molecular weight is 445 g/mol. The molecule has 0 radical (unpaired) electrons. The molecule has 0 aliphatic carbocycles. The van der Waals surface area contributed by atoms with Gasteiger partial charge in [0.1, 0.15) is 12.4 Å². The van der Waals surface area contributed by atoms with Gasteiger partial charge in [0.2, 0.25) is 5.83 Å². The molecule has 1 atom stereocenters. The van der Waals surface area contributed by atoms with Crippen molar-refractivity contribution < 1.29 is 17.9 Å². The molecule has 0 aromatic heterocycles.